The number of hydrogen-bond acceptors (Lipinski definition) is 7. The van der Waals surface area contributed by atoms with E-state index in [1.165, 1.54) is 6.07 Å². The lowest BCUT2D eigenvalue weighted by Gasteiger charge is -2.28. The predicted molar refractivity (Wildman–Crippen MR) is 91.0 cm³/mol. The number of benzene rings is 1. The van der Waals surface area contributed by atoms with Crippen LogP contribution in [0.2, 0.25) is 0 Å². The topological polar surface area (TPSA) is 126 Å². The zero-order valence-electron chi connectivity index (χ0n) is 14.2. The molecule has 2 rings (SSSR count). The Hall–Kier alpha value is -2.76. The van der Waals surface area contributed by atoms with Crippen molar-refractivity contribution in [3.8, 4) is 6.07 Å². The lowest BCUT2D eigenvalue weighted by Crippen LogP contribution is -2.31. The fourth-order valence-corrected chi connectivity index (χ4v) is 2.85. The maximum Gasteiger partial charge on any atom is 0.488 e. The summed E-state index contributed by atoms with van der Waals surface area (Å²) in [5.41, 5.74) is 7.76. The highest BCUT2D eigenvalue weighted by molar-refractivity contribution is 6.58. The third kappa shape index (κ3) is 3.53. The summed E-state index contributed by atoms with van der Waals surface area (Å²) >= 11 is 0. The second kappa shape index (κ2) is 7.42. The molecule has 0 spiro atoms. The Balaban J connectivity index is 2.65. The van der Waals surface area contributed by atoms with Crippen molar-refractivity contribution in [1.82, 2.24) is 0 Å². The van der Waals surface area contributed by atoms with Crippen LogP contribution in [0, 0.1) is 18.3 Å². The molecule has 1 aromatic carbocycles. The van der Waals surface area contributed by atoms with Gasteiger partial charge in [-0.1, -0.05) is 18.2 Å². The fraction of sp³-hybridized carbons (Fsp3) is 0.294. The van der Waals surface area contributed by atoms with Crippen molar-refractivity contribution in [2.75, 3.05) is 6.61 Å². The molecule has 25 heavy (non-hydrogen) atoms. The second-order valence-electron chi connectivity index (χ2n) is 5.60. The molecular formula is C17H19BN2O5. The molecule has 0 fully saturated rings. The number of carbonyl (C=O) groups is 1. The SMILES string of the molecule is CCOC(=O)C1=C(C)OC(N)=C(C#N)C1c1ccc(B(O)O)cc1C. The summed E-state index contributed by atoms with van der Waals surface area (Å²) in [4.78, 5) is 12.4. The first-order valence-electron chi connectivity index (χ1n) is 7.73. The van der Waals surface area contributed by atoms with Crippen LogP contribution < -0.4 is 11.2 Å². The molecule has 8 heteroatoms. The maximum atomic E-state index is 12.4. The lowest BCUT2D eigenvalue weighted by atomic mass is 9.75. The summed E-state index contributed by atoms with van der Waals surface area (Å²) in [6, 6.07) is 6.74. The Morgan fingerprint density at radius 3 is 2.64 bits per heavy atom. The number of allylic oxidation sites excluding steroid dienone is 2. The van der Waals surface area contributed by atoms with E-state index in [1.54, 1.807) is 32.9 Å². The van der Waals surface area contributed by atoms with Crippen molar-refractivity contribution in [2.45, 2.75) is 26.7 Å². The standard InChI is InChI=1S/C17H19BN2O5/c1-4-24-17(21)14-10(3)25-16(20)13(8-19)15(14)12-6-5-11(18(22)23)7-9(12)2/h5-7,15,22-23H,4,20H2,1-3H3. The first-order chi connectivity index (χ1) is 11.8. The molecule has 7 nitrogen and oxygen atoms in total. The van der Waals surface area contributed by atoms with Gasteiger partial charge in [-0.15, -0.1) is 0 Å². The Morgan fingerprint density at radius 1 is 1.44 bits per heavy atom. The van der Waals surface area contributed by atoms with Crippen LogP contribution in [0.25, 0.3) is 0 Å². The molecule has 1 unspecified atom stereocenters. The van der Waals surface area contributed by atoms with Crippen LogP contribution in [-0.4, -0.2) is 29.7 Å². The number of carbonyl (C=O) groups excluding carboxylic acids is 1. The van der Waals surface area contributed by atoms with Crippen LogP contribution in [0.1, 0.15) is 30.9 Å². The van der Waals surface area contributed by atoms with Crippen LogP contribution in [0.15, 0.2) is 41.0 Å². The van der Waals surface area contributed by atoms with Crippen molar-refractivity contribution in [1.29, 1.82) is 5.26 Å². The summed E-state index contributed by atoms with van der Waals surface area (Å²) in [6.45, 7) is 5.20. The van der Waals surface area contributed by atoms with E-state index < -0.39 is 19.0 Å². The third-order valence-electron chi connectivity index (χ3n) is 4.00. The van der Waals surface area contributed by atoms with Crippen molar-refractivity contribution in [2.24, 2.45) is 5.73 Å². The Bertz CT molecular complexity index is 808. The van der Waals surface area contributed by atoms with Gasteiger partial charge < -0.3 is 25.3 Å². The number of rotatable bonds is 4. The average Bonchev–Trinajstić information content (AvgIpc) is 2.54. The zero-order valence-corrected chi connectivity index (χ0v) is 14.2. The van der Waals surface area contributed by atoms with E-state index in [0.29, 0.717) is 16.6 Å². The van der Waals surface area contributed by atoms with Crippen LogP contribution >= 0.6 is 0 Å². The summed E-state index contributed by atoms with van der Waals surface area (Å²) in [7, 11) is -1.61. The number of esters is 1. The highest BCUT2D eigenvalue weighted by Crippen LogP contribution is 2.40. The molecule has 0 amide bonds. The van der Waals surface area contributed by atoms with Crippen LogP contribution in [0.4, 0.5) is 0 Å². The number of aryl methyl sites for hydroxylation is 1. The minimum atomic E-state index is -1.61. The van der Waals surface area contributed by atoms with Gasteiger partial charge in [0.15, 0.2) is 0 Å². The van der Waals surface area contributed by atoms with Gasteiger partial charge in [0.2, 0.25) is 5.88 Å². The van der Waals surface area contributed by atoms with E-state index >= 15 is 0 Å². The van der Waals surface area contributed by atoms with E-state index in [9.17, 15) is 20.1 Å². The molecule has 0 radical (unpaired) electrons. The summed E-state index contributed by atoms with van der Waals surface area (Å²) in [6.07, 6.45) is 0. The molecule has 130 valence electrons. The molecule has 0 saturated heterocycles. The van der Waals surface area contributed by atoms with Crippen molar-refractivity contribution in [3.05, 3.63) is 52.1 Å². The van der Waals surface area contributed by atoms with E-state index in [1.807, 2.05) is 6.07 Å². The van der Waals surface area contributed by atoms with Gasteiger partial charge in [-0.3, -0.25) is 0 Å². The first kappa shape index (κ1) is 18.6. The number of nitrogens with two attached hydrogens (primary N) is 1. The molecule has 0 aromatic heterocycles. The first-order valence-corrected chi connectivity index (χ1v) is 7.73. The molecule has 1 aromatic rings. The lowest BCUT2D eigenvalue weighted by molar-refractivity contribution is -0.139. The highest BCUT2D eigenvalue weighted by atomic mass is 16.5. The molecule has 0 aliphatic carbocycles. The number of nitrogens with zero attached hydrogens (tertiary/aromatic N) is 1. The van der Waals surface area contributed by atoms with Gasteiger partial charge in [0, 0.05) is 0 Å². The minimum Gasteiger partial charge on any atom is -0.463 e. The van der Waals surface area contributed by atoms with Gasteiger partial charge in [0.05, 0.1) is 18.1 Å². The Morgan fingerprint density at radius 2 is 2.12 bits per heavy atom. The van der Waals surface area contributed by atoms with Crippen LogP contribution in [0.3, 0.4) is 0 Å². The summed E-state index contributed by atoms with van der Waals surface area (Å²) < 4.78 is 10.5. The van der Waals surface area contributed by atoms with Crippen LogP contribution in [0.5, 0.6) is 0 Å². The quantitative estimate of drug-likeness (QED) is 0.531. The predicted octanol–water partition coefficient (Wildman–Crippen LogP) is 0.320. The Labute approximate surface area is 146 Å². The number of ether oxygens (including phenoxy) is 2. The van der Waals surface area contributed by atoms with Gasteiger partial charge in [0.1, 0.15) is 17.4 Å². The molecule has 1 aliphatic rings. The van der Waals surface area contributed by atoms with E-state index in [0.717, 1.165) is 0 Å². The molecule has 1 heterocycles. The normalized spacial score (nSPS) is 17.0. The van der Waals surface area contributed by atoms with Crippen molar-refractivity contribution >= 4 is 18.6 Å². The second-order valence-corrected chi connectivity index (χ2v) is 5.60. The van der Waals surface area contributed by atoms with Gasteiger partial charge in [-0.05, 0) is 37.4 Å². The highest BCUT2D eigenvalue weighted by Gasteiger charge is 2.37. The van der Waals surface area contributed by atoms with E-state index in [2.05, 4.69) is 0 Å². The van der Waals surface area contributed by atoms with Gasteiger partial charge in [-0.2, -0.15) is 5.26 Å². The molecule has 0 saturated carbocycles. The average molecular weight is 342 g/mol. The van der Waals surface area contributed by atoms with E-state index in [-0.39, 0.29) is 29.4 Å². The molecule has 1 aliphatic heterocycles. The van der Waals surface area contributed by atoms with Crippen LogP contribution in [-0.2, 0) is 14.3 Å². The molecule has 1 atom stereocenters. The number of nitriles is 1. The molecule has 0 bridgehead atoms. The maximum absolute atomic E-state index is 12.4. The molecular weight excluding hydrogens is 323 g/mol. The summed E-state index contributed by atoms with van der Waals surface area (Å²) in [5, 5.41) is 28.1. The fourth-order valence-electron chi connectivity index (χ4n) is 2.85. The zero-order chi connectivity index (χ0) is 18.7. The van der Waals surface area contributed by atoms with Gasteiger partial charge in [0.25, 0.3) is 0 Å². The number of hydrogen-bond donors (Lipinski definition) is 3. The summed E-state index contributed by atoms with van der Waals surface area (Å²) in [5.74, 6) is -1.13. The Kier molecular flexibility index (Phi) is 5.52. The molecule has 4 N–H and O–H groups in total. The smallest absolute Gasteiger partial charge is 0.463 e. The van der Waals surface area contributed by atoms with E-state index in [4.69, 9.17) is 15.2 Å². The van der Waals surface area contributed by atoms with Gasteiger partial charge >= 0.3 is 13.1 Å². The minimum absolute atomic E-state index is 0.0660. The van der Waals surface area contributed by atoms with Crippen molar-refractivity contribution < 1.29 is 24.3 Å². The largest absolute Gasteiger partial charge is 0.488 e. The van der Waals surface area contributed by atoms with Crippen molar-refractivity contribution in [3.63, 3.8) is 0 Å². The third-order valence-corrected chi connectivity index (χ3v) is 4.00. The van der Waals surface area contributed by atoms with Gasteiger partial charge in [-0.25, -0.2) is 4.79 Å². The monoisotopic (exact) mass is 342 g/mol.